The molecule has 2 unspecified atom stereocenters. The molecule has 0 saturated heterocycles. The van der Waals surface area contributed by atoms with Gasteiger partial charge in [-0.15, -0.1) is 0 Å². The van der Waals surface area contributed by atoms with E-state index >= 15 is 0 Å². The Hall–Kier alpha value is -0.240. The molecule has 1 nitrogen and oxygen atoms in total. The summed E-state index contributed by atoms with van der Waals surface area (Å²) in [4.78, 5) is 0. The fourth-order valence-corrected chi connectivity index (χ4v) is 3.22. The summed E-state index contributed by atoms with van der Waals surface area (Å²) in [6, 6.07) is 5.49. The maximum atomic E-state index is 10.5. The first-order chi connectivity index (χ1) is 8.02. The molecule has 0 heterocycles. The Kier molecular flexibility index (Phi) is 4.02. The molecule has 0 aliphatic heterocycles. The van der Waals surface area contributed by atoms with Crippen molar-refractivity contribution < 1.29 is 5.11 Å². The van der Waals surface area contributed by atoms with E-state index in [1.165, 1.54) is 0 Å². The molecule has 94 valence electrons. The fraction of sp³-hybridized carbons (Fsp3) is 0.571. The SMILES string of the molecule is CCC1CCC(O)(Cc2ccc(Cl)cc2Cl)C1. The normalized spacial score (nSPS) is 28.6. The average molecular weight is 273 g/mol. The molecule has 0 aromatic heterocycles. The Morgan fingerprint density at radius 1 is 1.41 bits per heavy atom. The average Bonchev–Trinajstić information content (AvgIpc) is 2.65. The summed E-state index contributed by atoms with van der Waals surface area (Å²) in [6.45, 7) is 2.19. The lowest BCUT2D eigenvalue weighted by molar-refractivity contribution is 0.0437. The van der Waals surface area contributed by atoms with Crippen LogP contribution in [0.1, 0.15) is 38.2 Å². The molecule has 1 fully saturated rings. The summed E-state index contributed by atoms with van der Waals surface area (Å²) in [7, 11) is 0. The molecule has 0 radical (unpaired) electrons. The highest BCUT2D eigenvalue weighted by Crippen LogP contribution is 2.39. The van der Waals surface area contributed by atoms with Gasteiger partial charge in [-0.2, -0.15) is 0 Å². The van der Waals surface area contributed by atoms with Crippen LogP contribution in [0.2, 0.25) is 10.0 Å². The minimum Gasteiger partial charge on any atom is -0.390 e. The number of hydrogen-bond acceptors (Lipinski definition) is 1. The van der Waals surface area contributed by atoms with Crippen LogP contribution >= 0.6 is 23.2 Å². The lowest BCUT2D eigenvalue weighted by Gasteiger charge is -2.23. The van der Waals surface area contributed by atoms with Gasteiger partial charge in [-0.3, -0.25) is 0 Å². The van der Waals surface area contributed by atoms with Crippen molar-refractivity contribution >= 4 is 23.2 Å². The highest BCUT2D eigenvalue weighted by Gasteiger charge is 2.36. The zero-order valence-electron chi connectivity index (χ0n) is 10.0. The lowest BCUT2D eigenvalue weighted by Crippen LogP contribution is -2.28. The Morgan fingerprint density at radius 3 is 2.76 bits per heavy atom. The second-order valence-electron chi connectivity index (χ2n) is 5.15. The first kappa shape index (κ1) is 13.2. The highest BCUT2D eigenvalue weighted by molar-refractivity contribution is 6.35. The minimum atomic E-state index is -0.571. The number of hydrogen-bond donors (Lipinski definition) is 1. The molecule has 0 bridgehead atoms. The zero-order valence-corrected chi connectivity index (χ0v) is 11.6. The van der Waals surface area contributed by atoms with Gasteiger partial charge < -0.3 is 5.11 Å². The second kappa shape index (κ2) is 5.17. The fourth-order valence-electron chi connectivity index (χ4n) is 2.74. The molecular formula is C14H18Cl2O. The molecule has 2 rings (SSSR count). The van der Waals surface area contributed by atoms with Gasteiger partial charge in [0.05, 0.1) is 5.60 Å². The van der Waals surface area contributed by atoms with E-state index in [0.717, 1.165) is 31.2 Å². The van der Waals surface area contributed by atoms with Gasteiger partial charge in [-0.1, -0.05) is 42.6 Å². The predicted octanol–water partition coefficient (Wildman–Crippen LogP) is 4.48. The van der Waals surface area contributed by atoms with Crippen LogP contribution < -0.4 is 0 Å². The van der Waals surface area contributed by atoms with Gasteiger partial charge in [0.2, 0.25) is 0 Å². The summed E-state index contributed by atoms with van der Waals surface area (Å²) in [5.74, 6) is 0.658. The summed E-state index contributed by atoms with van der Waals surface area (Å²) < 4.78 is 0. The smallest absolute Gasteiger partial charge is 0.0691 e. The number of halogens is 2. The van der Waals surface area contributed by atoms with E-state index in [-0.39, 0.29) is 0 Å². The van der Waals surface area contributed by atoms with Gasteiger partial charge in [0.1, 0.15) is 0 Å². The first-order valence-electron chi connectivity index (χ1n) is 6.19. The summed E-state index contributed by atoms with van der Waals surface area (Å²) in [5.41, 5.74) is 0.424. The molecule has 2 atom stereocenters. The molecule has 0 amide bonds. The third-order valence-corrected chi connectivity index (χ3v) is 4.39. The van der Waals surface area contributed by atoms with Crippen LogP contribution in [-0.2, 0) is 6.42 Å². The van der Waals surface area contributed by atoms with E-state index in [9.17, 15) is 5.11 Å². The van der Waals surface area contributed by atoms with Gasteiger partial charge in [0, 0.05) is 16.5 Å². The molecule has 1 aliphatic rings. The van der Waals surface area contributed by atoms with Crippen molar-refractivity contribution in [3.05, 3.63) is 33.8 Å². The molecule has 3 heteroatoms. The number of aliphatic hydroxyl groups is 1. The number of benzene rings is 1. The highest BCUT2D eigenvalue weighted by atomic mass is 35.5. The van der Waals surface area contributed by atoms with E-state index in [2.05, 4.69) is 6.92 Å². The van der Waals surface area contributed by atoms with Gasteiger partial charge in [-0.25, -0.2) is 0 Å². The molecule has 17 heavy (non-hydrogen) atoms. The summed E-state index contributed by atoms with van der Waals surface area (Å²) in [6.07, 6.45) is 4.68. The van der Waals surface area contributed by atoms with E-state index < -0.39 is 5.60 Å². The zero-order chi connectivity index (χ0) is 12.5. The molecule has 1 saturated carbocycles. The van der Waals surface area contributed by atoms with Crippen molar-refractivity contribution in [1.82, 2.24) is 0 Å². The van der Waals surface area contributed by atoms with Crippen molar-refractivity contribution in [1.29, 1.82) is 0 Å². The molecule has 1 aromatic rings. The predicted molar refractivity (Wildman–Crippen MR) is 72.7 cm³/mol. The summed E-state index contributed by atoms with van der Waals surface area (Å²) >= 11 is 12.0. The van der Waals surface area contributed by atoms with Crippen molar-refractivity contribution in [3.8, 4) is 0 Å². The van der Waals surface area contributed by atoms with E-state index in [1.54, 1.807) is 6.07 Å². The van der Waals surface area contributed by atoms with Crippen LogP contribution in [0.15, 0.2) is 18.2 Å². The number of rotatable bonds is 3. The maximum Gasteiger partial charge on any atom is 0.0691 e. The van der Waals surface area contributed by atoms with Gasteiger partial charge in [0.15, 0.2) is 0 Å². The van der Waals surface area contributed by atoms with Gasteiger partial charge in [0.25, 0.3) is 0 Å². The Morgan fingerprint density at radius 2 is 2.18 bits per heavy atom. The van der Waals surface area contributed by atoms with Crippen LogP contribution in [0, 0.1) is 5.92 Å². The molecule has 1 aromatic carbocycles. The van der Waals surface area contributed by atoms with E-state index in [4.69, 9.17) is 23.2 Å². The topological polar surface area (TPSA) is 20.2 Å². The van der Waals surface area contributed by atoms with E-state index in [0.29, 0.717) is 22.4 Å². The largest absolute Gasteiger partial charge is 0.390 e. The summed E-state index contributed by atoms with van der Waals surface area (Å²) in [5, 5.41) is 11.8. The molecular weight excluding hydrogens is 255 g/mol. The van der Waals surface area contributed by atoms with Crippen LogP contribution in [0.3, 0.4) is 0 Å². The van der Waals surface area contributed by atoms with Gasteiger partial charge in [-0.05, 0) is 42.9 Å². The quantitative estimate of drug-likeness (QED) is 0.861. The third kappa shape index (κ3) is 3.15. The van der Waals surface area contributed by atoms with Crippen molar-refractivity contribution in [2.24, 2.45) is 5.92 Å². The molecule has 1 N–H and O–H groups in total. The maximum absolute atomic E-state index is 10.5. The van der Waals surface area contributed by atoms with Crippen LogP contribution in [0.25, 0.3) is 0 Å². The standard InChI is InChI=1S/C14H18Cl2O/c1-2-10-5-6-14(17,8-10)9-11-3-4-12(15)7-13(11)16/h3-4,7,10,17H,2,5-6,8-9H2,1H3. The van der Waals surface area contributed by atoms with E-state index in [1.807, 2.05) is 12.1 Å². The third-order valence-electron chi connectivity index (χ3n) is 3.80. The monoisotopic (exact) mass is 272 g/mol. The van der Waals surface area contributed by atoms with Crippen LogP contribution in [0.4, 0.5) is 0 Å². The van der Waals surface area contributed by atoms with Crippen LogP contribution in [0.5, 0.6) is 0 Å². The van der Waals surface area contributed by atoms with Crippen molar-refractivity contribution in [2.45, 2.75) is 44.6 Å². The van der Waals surface area contributed by atoms with Gasteiger partial charge >= 0.3 is 0 Å². The Balaban J connectivity index is 2.10. The Bertz CT molecular complexity index is 405. The van der Waals surface area contributed by atoms with Crippen molar-refractivity contribution in [3.63, 3.8) is 0 Å². The minimum absolute atomic E-state index is 0.571. The van der Waals surface area contributed by atoms with Crippen molar-refractivity contribution in [2.75, 3.05) is 0 Å². The second-order valence-corrected chi connectivity index (χ2v) is 6.00. The Labute approximate surface area is 113 Å². The first-order valence-corrected chi connectivity index (χ1v) is 6.94. The van der Waals surface area contributed by atoms with Crippen LogP contribution in [-0.4, -0.2) is 10.7 Å². The molecule has 1 aliphatic carbocycles. The lowest BCUT2D eigenvalue weighted by atomic mass is 9.91. The molecule has 0 spiro atoms.